The normalized spacial score (nSPS) is 19.1. The fraction of sp³-hybridized carbons (Fsp3) is 0.889. The summed E-state index contributed by atoms with van der Waals surface area (Å²) in [6.07, 6.45) is 14.1. The largest absolute Gasteiger partial charge is 0.345 e. The molecule has 5 N–H and O–H groups in total. The highest BCUT2D eigenvalue weighted by molar-refractivity contribution is 5.92. The minimum Gasteiger partial charge on any atom is -0.345 e. The zero-order chi connectivity index (χ0) is 25.6. The quantitative estimate of drug-likeness (QED) is 0.164. The van der Waals surface area contributed by atoms with Crippen LogP contribution < -0.4 is 21.7 Å². The number of hydrogen-bond donors (Lipinski definition) is 4. The number of unbranched alkanes of at least 4 members (excludes halogenated alkanes) is 7. The maximum atomic E-state index is 12.7. The van der Waals surface area contributed by atoms with E-state index >= 15 is 0 Å². The molecule has 0 aromatic carbocycles. The molecule has 0 aliphatic carbocycles. The van der Waals surface area contributed by atoms with E-state index in [4.69, 9.17) is 5.73 Å². The SMILES string of the molecule is CCC.CCCCNCC(=O)[C@H](CCCCCCCCC[C@H](N)C=O)NC(=O)C1C[C@@H](C)CN1. The van der Waals surface area contributed by atoms with Gasteiger partial charge in [0, 0.05) is 0 Å². The molecule has 1 rings (SSSR count). The van der Waals surface area contributed by atoms with Gasteiger partial charge in [0.1, 0.15) is 6.29 Å². The Morgan fingerprint density at radius 1 is 1.00 bits per heavy atom. The Labute approximate surface area is 209 Å². The molecule has 7 nitrogen and oxygen atoms in total. The lowest BCUT2D eigenvalue weighted by Crippen LogP contribution is -2.50. The second-order valence-electron chi connectivity index (χ2n) is 9.92. The van der Waals surface area contributed by atoms with Crippen LogP contribution >= 0.6 is 0 Å². The number of carbonyl (C=O) groups excluding carboxylic acids is 3. The highest BCUT2D eigenvalue weighted by Gasteiger charge is 2.29. The molecule has 0 bridgehead atoms. The zero-order valence-electron chi connectivity index (χ0n) is 22.5. The highest BCUT2D eigenvalue weighted by atomic mass is 16.2. The van der Waals surface area contributed by atoms with Gasteiger partial charge in [0.15, 0.2) is 5.78 Å². The Bertz CT molecular complexity index is 530. The molecule has 0 saturated carbocycles. The summed E-state index contributed by atoms with van der Waals surface area (Å²) in [4.78, 5) is 35.8. The van der Waals surface area contributed by atoms with Gasteiger partial charge in [0.2, 0.25) is 5.91 Å². The average molecular weight is 483 g/mol. The molecule has 1 amide bonds. The molecule has 0 aromatic rings. The molecule has 7 heteroatoms. The summed E-state index contributed by atoms with van der Waals surface area (Å²) in [6, 6.07) is -0.890. The monoisotopic (exact) mass is 482 g/mol. The van der Waals surface area contributed by atoms with Crippen LogP contribution in [0.25, 0.3) is 0 Å². The van der Waals surface area contributed by atoms with Crippen molar-refractivity contribution < 1.29 is 14.4 Å². The van der Waals surface area contributed by atoms with E-state index in [2.05, 4.69) is 43.6 Å². The molecular formula is C27H54N4O3. The summed E-state index contributed by atoms with van der Waals surface area (Å²) in [7, 11) is 0. The van der Waals surface area contributed by atoms with Crippen LogP contribution in [0.1, 0.15) is 111 Å². The van der Waals surface area contributed by atoms with E-state index in [1.54, 1.807) is 0 Å². The molecule has 200 valence electrons. The van der Waals surface area contributed by atoms with Gasteiger partial charge in [-0.25, -0.2) is 0 Å². The zero-order valence-corrected chi connectivity index (χ0v) is 22.5. The number of amides is 1. The molecule has 0 spiro atoms. The summed E-state index contributed by atoms with van der Waals surface area (Å²) < 4.78 is 0. The van der Waals surface area contributed by atoms with Gasteiger partial charge in [-0.3, -0.25) is 9.59 Å². The number of nitrogens with two attached hydrogens (primary N) is 1. The van der Waals surface area contributed by atoms with E-state index < -0.39 is 6.04 Å². The van der Waals surface area contributed by atoms with Crippen LogP contribution in [0.5, 0.6) is 0 Å². The number of rotatable bonds is 19. The van der Waals surface area contributed by atoms with Crippen LogP contribution in [-0.2, 0) is 14.4 Å². The Balaban J connectivity index is 0.00000343. The number of carbonyl (C=O) groups is 3. The first-order valence-corrected chi connectivity index (χ1v) is 13.9. The topological polar surface area (TPSA) is 113 Å². The van der Waals surface area contributed by atoms with Crippen molar-refractivity contribution in [1.82, 2.24) is 16.0 Å². The van der Waals surface area contributed by atoms with Gasteiger partial charge in [0.25, 0.3) is 0 Å². The minimum absolute atomic E-state index is 0.0372. The number of Topliss-reactive ketones (excluding diaryl/α,β-unsaturated/α-hetero) is 1. The van der Waals surface area contributed by atoms with E-state index in [1.165, 1.54) is 6.42 Å². The van der Waals surface area contributed by atoms with Crippen molar-refractivity contribution in [1.29, 1.82) is 0 Å². The predicted octanol–water partition coefficient (Wildman–Crippen LogP) is 3.88. The van der Waals surface area contributed by atoms with Gasteiger partial charge >= 0.3 is 0 Å². The van der Waals surface area contributed by atoms with E-state index in [9.17, 15) is 14.4 Å². The maximum Gasteiger partial charge on any atom is 0.237 e. The first-order valence-electron chi connectivity index (χ1n) is 13.9. The van der Waals surface area contributed by atoms with Crippen molar-refractivity contribution in [2.75, 3.05) is 19.6 Å². The van der Waals surface area contributed by atoms with Crippen molar-refractivity contribution >= 4 is 18.0 Å². The lowest BCUT2D eigenvalue weighted by atomic mass is 10.0. The lowest BCUT2D eigenvalue weighted by Gasteiger charge is -2.20. The Hall–Kier alpha value is -1.31. The van der Waals surface area contributed by atoms with E-state index in [0.717, 1.165) is 90.0 Å². The number of aldehydes is 1. The molecule has 0 radical (unpaired) electrons. The summed E-state index contributed by atoms with van der Waals surface area (Å²) in [5.41, 5.74) is 5.60. The molecule has 4 atom stereocenters. The molecule has 1 fully saturated rings. The molecule has 34 heavy (non-hydrogen) atoms. The van der Waals surface area contributed by atoms with Gasteiger partial charge < -0.3 is 26.5 Å². The average Bonchev–Trinajstić information content (AvgIpc) is 3.26. The van der Waals surface area contributed by atoms with Crippen LogP contribution in [0, 0.1) is 5.92 Å². The van der Waals surface area contributed by atoms with Crippen molar-refractivity contribution in [3.8, 4) is 0 Å². The van der Waals surface area contributed by atoms with Crippen LogP contribution in [0.2, 0.25) is 0 Å². The van der Waals surface area contributed by atoms with E-state index in [1.807, 2.05) is 0 Å². The Kier molecular flexibility index (Phi) is 21.3. The summed E-state index contributed by atoms with van der Waals surface area (Å²) in [6.45, 7) is 10.5. The van der Waals surface area contributed by atoms with Crippen molar-refractivity contribution in [2.45, 2.75) is 129 Å². The minimum atomic E-state index is -0.399. The first-order chi connectivity index (χ1) is 16.4. The van der Waals surface area contributed by atoms with Gasteiger partial charge in [-0.05, 0) is 44.7 Å². The van der Waals surface area contributed by atoms with Gasteiger partial charge in [-0.2, -0.15) is 0 Å². The molecule has 0 aromatic heterocycles. The van der Waals surface area contributed by atoms with Gasteiger partial charge in [-0.15, -0.1) is 0 Å². The van der Waals surface area contributed by atoms with E-state index in [-0.39, 0.29) is 23.8 Å². The third kappa shape index (κ3) is 17.2. The van der Waals surface area contributed by atoms with Crippen LogP contribution in [0.3, 0.4) is 0 Å². The van der Waals surface area contributed by atoms with Crippen LogP contribution in [0.4, 0.5) is 0 Å². The van der Waals surface area contributed by atoms with Gasteiger partial charge in [0.05, 0.1) is 24.7 Å². The Morgan fingerprint density at radius 2 is 1.59 bits per heavy atom. The first kappa shape index (κ1) is 32.7. The summed E-state index contributed by atoms with van der Waals surface area (Å²) >= 11 is 0. The predicted molar refractivity (Wildman–Crippen MR) is 142 cm³/mol. The molecule has 1 heterocycles. The smallest absolute Gasteiger partial charge is 0.237 e. The van der Waals surface area contributed by atoms with Gasteiger partial charge in [-0.1, -0.05) is 85.5 Å². The third-order valence-corrected chi connectivity index (χ3v) is 6.08. The molecule has 1 aliphatic heterocycles. The lowest BCUT2D eigenvalue weighted by molar-refractivity contribution is -0.128. The number of hydrogen-bond acceptors (Lipinski definition) is 6. The molecule has 1 saturated heterocycles. The summed E-state index contributed by atoms with van der Waals surface area (Å²) in [5, 5.41) is 9.49. The van der Waals surface area contributed by atoms with Crippen LogP contribution in [-0.4, -0.2) is 55.7 Å². The summed E-state index contributed by atoms with van der Waals surface area (Å²) in [5.74, 6) is 0.543. The third-order valence-electron chi connectivity index (χ3n) is 6.08. The van der Waals surface area contributed by atoms with Crippen molar-refractivity contribution in [3.05, 3.63) is 0 Å². The molecular weight excluding hydrogens is 428 g/mol. The van der Waals surface area contributed by atoms with Crippen LogP contribution in [0.15, 0.2) is 0 Å². The molecule has 1 aliphatic rings. The van der Waals surface area contributed by atoms with Crippen molar-refractivity contribution in [2.24, 2.45) is 11.7 Å². The molecule has 1 unspecified atom stereocenters. The standard InChI is InChI=1S/C24H46N4O3.C3H8/c1-3-4-14-26-17-23(30)21(28-24(31)22-15-19(2)16-27-22)13-11-9-7-5-6-8-10-12-20(25)18-29;1-3-2/h18-22,26-27H,3-17,25H2,1-2H3,(H,28,31);3H2,1-2H3/t19-,20+,21+,22?;/m1./s1. The fourth-order valence-electron chi connectivity index (χ4n) is 4.02. The maximum absolute atomic E-state index is 12.7. The second-order valence-corrected chi connectivity index (χ2v) is 9.92. The number of ketones is 1. The second kappa shape index (κ2) is 22.2. The van der Waals surface area contributed by atoms with E-state index in [0.29, 0.717) is 18.9 Å². The highest BCUT2D eigenvalue weighted by Crippen LogP contribution is 2.15. The van der Waals surface area contributed by atoms with Crippen molar-refractivity contribution in [3.63, 3.8) is 0 Å². The fourth-order valence-corrected chi connectivity index (χ4v) is 4.02. The number of nitrogens with one attached hydrogen (secondary N) is 3. The Morgan fingerprint density at radius 3 is 2.12 bits per heavy atom.